The third-order valence-corrected chi connectivity index (χ3v) is 2.52. The second-order valence-electron chi connectivity index (χ2n) is 4.08. The minimum absolute atomic E-state index is 0.828. The fraction of sp³-hybridized carbons (Fsp3) is 0.308. The summed E-state index contributed by atoms with van der Waals surface area (Å²) < 4.78 is 0. The van der Waals surface area contributed by atoms with Crippen molar-refractivity contribution in [2.75, 3.05) is 0 Å². The van der Waals surface area contributed by atoms with Gasteiger partial charge in [0, 0.05) is 25.0 Å². The summed E-state index contributed by atoms with van der Waals surface area (Å²) in [5.41, 5.74) is 3.74. The Labute approximate surface area is 95.9 Å². The SMILES string of the molecule is Cc1ccc(CNCc2cnc(C)[nH]2)cc1. The summed E-state index contributed by atoms with van der Waals surface area (Å²) in [6.45, 7) is 5.78. The number of nitrogens with zero attached hydrogens (tertiary/aromatic N) is 1. The summed E-state index contributed by atoms with van der Waals surface area (Å²) in [5.74, 6) is 0.965. The molecule has 0 bridgehead atoms. The lowest BCUT2D eigenvalue weighted by Gasteiger charge is -2.03. The molecule has 0 saturated heterocycles. The lowest BCUT2D eigenvalue weighted by molar-refractivity contribution is 0.681. The van der Waals surface area contributed by atoms with Crippen LogP contribution in [0, 0.1) is 13.8 Å². The molecular weight excluding hydrogens is 198 g/mol. The number of benzene rings is 1. The standard InChI is InChI=1S/C13H17N3/c1-10-3-5-12(6-4-10)7-14-8-13-9-15-11(2)16-13/h3-6,9,14H,7-8H2,1-2H3,(H,15,16). The van der Waals surface area contributed by atoms with Crippen molar-refractivity contribution in [3.8, 4) is 0 Å². The van der Waals surface area contributed by atoms with Crippen molar-refractivity contribution < 1.29 is 0 Å². The van der Waals surface area contributed by atoms with Crippen LogP contribution < -0.4 is 5.32 Å². The van der Waals surface area contributed by atoms with E-state index in [1.807, 2.05) is 13.1 Å². The van der Waals surface area contributed by atoms with Gasteiger partial charge in [0.2, 0.25) is 0 Å². The van der Waals surface area contributed by atoms with Crippen molar-refractivity contribution in [3.05, 3.63) is 53.1 Å². The molecule has 0 radical (unpaired) electrons. The van der Waals surface area contributed by atoms with Gasteiger partial charge in [0.25, 0.3) is 0 Å². The predicted octanol–water partition coefficient (Wildman–Crippen LogP) is 2.32. The fourth-order valence-corrected chi connectivity index (χ4v) is 1.61. The second-order valence-corrected chi connectivity index (χ2v) is 4.08. The number of hydrogen-bond acceptors (Lipinski definition) is 2. The Bertz CT molecular complexity index is 442. The Kier molecular flexibility index (Phi) is 3.37. The van der Waals surface area contributed by atoms with Crippen molar-refractivity contribution in [2.24, 2.45) is 0 Å². The van der Waals surface area contributed by atoms with Gasteiger partial charge in [-0.3, -0.25) is 0 Å². The smallest absolute Gasteiger partial charge is 0.103 e. The fourth-order valence-electron chi connectivity index (χ4n) is 1.61. The zero-order valence-corrected chi connectivity index (χ0v) is 9.75. The maximum Gasteiger partial charge on any atom is 0.103 e. The highest BCUT2D eigenvalue weighted by molar-refractivity contribution is 5.21. The monoisotopic (exact) mass is 215 g/mol. The highest BCUT2D eigenvalue weighted by atomic mass is 15.0. The summed E-state index contributed by atoms with van der Waals surface area (Å²) in [7, 11) is 0. The van der Waals surface area contributed by atoms with E-state index in [1.165, 1.54) is 11.1 Å². The molecular formula is C13H17N3. The van der Waals surface area contributed by atoms with E-state index in [2.05, 4.69) is 46.5 Å². The molecule has 84 valence electrons. The van der Waals surface area contributed by atoms with Crippen LogP contribution in [0.2, 0.25) is 0 Å². The van der Waals surface area contributed by atoms with Crippen molar-refractivity contribution >= 4 is 0 Å². The van der Waals surface area contributed by atoms with E-state index in [1.54, 1.807) is 0 Å². The summed E-state index contributed by atoms with van der Waals surface area (Å²) in [6, 6.07) is 8.58. The molecule has 3 nitrogen and oxygen atoms in total. The van der Waals surface area contributed by atoms with Gasteiger partial charge in [-0.25, -0.2) is 4.98 Å². The summed E-state index contributed by atoms with van der Waals surface area (Å²) in [6.07, 6.45) is 1.87. The average molecular weight is 215 g/mol. The predicted molar refractivity (Wildman–Crippen MR) is 65.0 cm³/mol. The minimum Gasteiger partial charge on any atom is -0.345 e. The summed E-state index contributed by atoms with van der Waals surface area (Å²) >= 11 is 0. The lowest BCUT2D eigenvalue weighted by Crippen LogP contribution is -2.12. The van der Waals surface area contributed by atoms with Gasteiger partial charge in [0.15, 0.2) is 0 Å². The van der Waals surface area contributed by atoms with Gasteiger partial charge >= 0.3 is 0 Å². The third kappa shape index (κ3) is 2.94. The number of hydrogen-bond donors (Lipinski definition) is 2. The summed E-state index contributed by atoms with van der Waals surface area (Å²) in [4.78, 5) is 7.36. The van der Waals surface area contributed by atoms with Gasteiger partial charge < -0.3 is 10.3 Å². The minimum atomic E-state index is 0.828. The van der Waals surface area contributed by atoms with Gasteiger partial charge in [-0.2, -0.15) is 0 Å². The molecule has 0 saturated carbocycles. The van der Waals surface area contributed by atoms with E-state index >= 15 is 0 Å². The zero-order valence-electron chi connectivity index (χ0n) is 9.75. The molecule has 0 unspecified atom stereocenters. The first-order valence-corrected chi connectivity index (χ1v) is 5.51. The Balaban J connectivity index is 1.82. The van der Waals surface area contributed by atoms with Crippen LogP contribution in [0.5, 0.6) is 0 Å². The normalized spacial score (nSPS) is 10.6. The first kappa shape index (κ1) is 10.9. The van der Waals surface area contributed by atoms with Crippen LogP contribution >= 0.6 is 0 Å². The van der Waals surface area contributed by atoms with E-state index in [0.717, 1.165) is 24.6 Å². The van der Waals surface area contributed by atoms with Crippen molar-refractivity contribution in [1.82, 2.24) is 15.3 Å². The largest absolute Gasteiger partial charge is 0.345 e. The van der Waals surface area contributed by atoms with Gasteiger partial charge in [0.05, 0.1) is 0 Å². The molecule has 2 rings (SSSR count). The molecule has 0 spiro atoms. The van der Waals surface area contributed by atoms with Crippen LogP contribution in [-0.2, 0) is 13.1 Å². The molecule has 2 N–H and O–H groups in total. The third-order valence-electron chi connectivity index (χ3n) is 2.52. The molecule has 1 heterocycles. The number of nitrogens with one attached hydrogen (secondary N) is 2. The Morgan fingerprint density at radius 1 is 1.12 bits per heavy atom. The zero-order chi connectivity index (χ0) is 11.4. The molecule has 0 aliphatic heterocycles. The Hall–Kier alpha value is -1.61. The van der Waals surface area contributed by atoms with Crippen molar-refractivity contribution in [3.63, 3.8) is 0 Å². The van der Waals surface area contributed by atoms with Gasteiger partial charge in [0.1, 0.15) is 5.82 Å². The molecule has 2 aromatic rings. The number of rotatable bonds is 4. The van der Waals surface area contributed by atoms with Gasteiger partial charge in [-0.15, -0.1) is 0 Å². The second kappa shape index (κ2) is 4.94. The van der Waals surface area contributed by atoms with Crippen LogP contribution in [0.4, 0.5) is 0 Å². The summed E-state index contributed by atoms with van der Waals surface area (Å²) in [5, 5.41) is 3.38. The molecule has 1 aromatic carbocycles. The van der Waals surface area contributed by atoms with Crippen molar-refractivity contribution in [2.45, 2.75) is 26.9 Å². The molecule has 0 amide bonds. The first-order chi connectivity index (χ1) is 7.74. The highest BCUT2D eigenvalue weighted by Crippen LogP contribution is 2.03. The van der Waals surface area contributed by atoms with E-state index in [0.29, 0.717) is 0 Å². The molecule has 0 fully saturated rings. The lowest BCUT2D eigenvalue weighted by atomic mass is 10.1. The topological polar surface area (TPSA) is 40.7 Å². The molecule has 16 heavy (non-hydrogen) atoms. The number of H-pyrrole nitrogens is 1. The average Bonchev–Trinajstić information content (AvgIpc) is 2.67. The van der Waals surface area contributed by atoms with Crippen LogP contribution in [0.1, 0.15) is 22.6 Å². The number of aryl methyl sites for hydroxylation is 2. The van der Waals surface area contributed by atoms with Crippen LogP contribution in [0.25, 0.3) is 0 Å². The van der Waals surface area contributed by atoms with Crippen LogP contribution in [-0.4, -0.2) is 9.97 Å². The highest BCUT2D eigenvalue weighted by Gasteiger charge is 1.96. The van der Waals surface area contributed by atoms with Gasteiger partial charge in [-0.1, -0.05) is 29.8 Å². The molecule has 0 aliphatic carbocycles. The van der Waals surface area contributed by atoms with Crippen LogP contribution in [0.15, 0.2) is 30.5 Å². The van der Waals surface area contributed by atoms with E-state index < -0.39 is 0 Å². The van der Waals surface area contributed by atoms with E-state index in [-0.39, 0.29) is 0 Å². The molecule has 3 heteroatoms. The van der Waals surface area contributed by atoms with E-state index in [4.69, 9.17) is 0 Å². The maximum absolute atomic E-state index is 4.16. The molecule has 0 aliphatic rings. The quantitative estimate of drug-likeness (QED) is 0.821. The maximum atomic E-state index is 4.16. The molecule has 1 aromatic heterocycles. The molecule has 0 atom stereocenters. The number of aromatic amines is 1. The van der Waals surface area contributed by atoms with Crippen molar-refractivity contribution in [1.29, 1.82) is 0 Å². The number of imidazole rings is 1. The number of aromatic nitrogens is 2. The Morgan fingerprint density at radius 2 is 1.88 bits per heavy atom. The van der Waals surface area contributed by atoms with E-state index in [9.17, 15) is 0 Å². The first-order valence-electron chi connectivity index (χ1n) is 5.51. The Morgan fingerprint density at radius 3 is 2.50 bits per heavy atom. The van der Waals surface area contributed by atoms with Gasteiger partial charge in [-0.05, 0) is 19.4 Å². The van der Waals surface area contributed by atoms with Crippen LogP contribution in [0.3, 0.4) is 0 Å².